The van der Waals surface area contributed by atoms with E-state index in [1.807, 2.05) is 13.8 Å². The average Bonchev–Trinajstić information content (AvgIpc) is 2.43. The first-order valence-corrected chi connectivity index (χ1v) is 7.46. The van der Waals surface area contributed by atoms with E-state index in [-0.39, 0.29) is 11.1 Å². The number of nitrogens with zero attached hydrogens (tertiary/aromatic N) is 1. The second-order valence-corrected chi connectivity index (χ2v) is 5.48. The summed E-state index contributed by atoms with van der Waals surface area (Å²) < 4.78 is 0. The molecule has 21 heavy (non-hydrogen) atoms. The van der Waals surface area contributed by atoms with Crippen LogP contribution in [0.2, 0.25) is 5.15 Å². The third-order valence-electron chi connectivity index (χ3n) is 3.38. The normalized spacial score (nSPS) is 13.5. The number of pyridine rings is 1. The molecular weight excluding hydrogens is 292 g/mol. The number of amides is 1. The maximum absolute atomic E-state index is 12.2. The van der Waals surface area contributed by atoms with Crippen molar-refractivity contribution in [3.05, 3.63) is 28.5 Å². The number of carboxylic acids is 1. The second kappa shape index (κ2) is 7.98. The van der Waals surface area contributed by atoms with E-state index in [0.29, 0.717) is 18.4 Å². The van der Waals surface area contributed by atoms with E-state index in [2.05, 4.69) is 10.3 Å². The Labute approximate surface area is 129 Å². The highest BCUT2D eigenvalue weighted by Gasteiger charge is 2.26. The van der Waals surface area contributed by atoms with Gasteiger partial charge in [-0.05, 0) is 24.5 Å². The van der Waals surface area contributed by atoms with Crippen LogP contribution in [0.15, 0.2) is 12.1 Å². The van der Waals surface area contributed by atoms with E-state index < -0.39 is 17.9 Å². The van der Waals surface area contributed by atoms with Gasteiger partial charge < -0.3 is 10.4 Å². The Morgan fingerprint density at radius 1 is 1.38 bits per heavy atom. The Kier molecular flexibility index (Phi) is 6.62. The highest BCUT2D eigenvalue weighted by molar-refractivity contribution is 6.29. The highest BCUT2D eigenvalue weighted by atomic mass is 35.5. The maximum atomic E-state index is 12.2. The van der Waals surface area contributed by atoms with Crippen LogP contribution in [0.4, 0.5) is 0 Å². The van der Waals surface area contributed by atoms with Crippen LogP contribution in [0, 0.1) is 5.92 Å². The molecule has 0 aromatic carbocycles. The van der Waals surface area contributed by atoms with Crippen molar-refractivity contribution in [1.82, 2.24) is 10.3 Å². The molecule has 0 aliphatic rings. The molecule has 0 saturated heterocycles. The number of aryl methyl sites for hydroxylation is 1. The number of aliphatic carboxylic acids is 1. The summed E-state index contributed by atoms with van der Waals surface area (Å²) in [6, 6.07) is 2.19. The van der Waals surface area contributed by atoms with Crippen LogP contribution in [0.25, 0.3) is 0 Å². The number of carbonyl (C=O) groups is 2. The van der Waals surface area contributed by atoms with Crippen molar-refractivity contribution in [3.63, 3.8) is 0 Å². The summed E-state index contributed by atoms with van der Waals surface area (Å²) in [5, 5.41) is 12.0. The van der Waals surface area contributed by atoms with E-state index in [9.17, 15) is 14.7 Å². The second-order valence-electron chi connectivity index (χ2n) is 5.09. The molecule has 0 bridgehead atoms. The molecule has 0 aliphatic carbocycles. The SMILES string of the molecule is CCCc1cc(C(=O)N[C@H](C(=O)O)[C@@H](C)CC)cc(Cl)n1. The number of carbonyl (C=O) groups excluding carboxylic acids is 1. The molecule has 1 aromatic heterocycles. The molecule has 2 atom stereocenters. The fraction of sp³-hybridized carbons (Fsp3) is 0.533. The van der Waals surface area contributed by atoms with Gasteiger partial charge in [0, 0.05) is 11.3 Å². The van der Waals surface area contributed by atoms with Crippen LogP contribution in [0.3, 0.4) is 0 Å². The van der Waals surface area contributed by atoms with Gasteiger partial charge in [-0.3, -0.25) is 4.79 Å². The largest absolute Gasteiger partial charge is 0.480 e. The number of aromatic nitrogens is 1. The Hall–Kier alpha value is -1.62. The highest BCUT2D eigenvalue weighted by Crippen LogP contribution is 2.14. The van der Waals surface area contributed by atoms with Crippen LogP contribution >= 0.6 is 11.6 Å². The number of rotatable bonds is 7. The summed E-state index contributed by atoms with van der Waals surface area (Å²) in [5.41, 5.74) is 1.07. The van der Waals surface area contributed by atoms with Crippen molar-refractivity contribution in [1.29, 1.82) is 0 Å². The maximum Gasteiger partial charge on any atom is 0.326 e. The molecule has 0 radical (unpaired) electrons. The van der Waals surface area contributed by atoms with E-state index >= 15 is 0 Å². The Bertz CT molecular complexity index is 520. The van der Waals surface area contributed by atoms with E-state index in [1.54, 1.807) is 13.0 Å². The van der Waals surface area contributed by atoms with E-state index in [1.165, 1.54) is 6.07 Å². The summed E-state index contributed by atoms with van der Waals surface area (Å²) in [6.07, 6.45) is 2.27. The minimum atomic E-state index is -1.04. The van der Waals surface area contributed by atoms with Gasteiger partial charge >= 0.3 is 5.97 Å². The summed E-state index contributed by atoms with van der Waals surface area (Å²) >= 11 is 5.91. The van der Waals surface area contributed by atoms with Crippen LogP contribution in [0.5, 0.6) is 0 Å². The molecule has 1 aromatic rings. The van der Waals surface area contributed by atoms with Crippen LogP contribution in [-0.4, -0.2) is 28.0 Å². The molecule has 0 saturated carbocycles. The lowest BCUT2D eigenvalue weighted by molar-refractivity contribution is -0.140. The van der Waals surface area contributed by atoms with Gasteiger partial charge in [0.1, 0.15) is 11.2 Å². The average molecular weight is 313 g/mol. The topological polar surface area (TPSA) is 79.3 Å². The third-order valence-corrected chi connectivity index (χ3v) is 3.57. The fourth-order valence-electron chi connectivity index (χ4n) is 1.97. The zero-order chi connectivity index (χ0) is 16.0. The van der Waals surface area contributed by atoms with Gasteiger partial charge in [-0.1, -0.05) is 45.2 Å². The summed E-state index contributed by atoms with van der Waals surface area (Å²) in [4.78, 5) is 27.6. The number of carboxylic acid groups (broad SMARTS) is 1. The van der Waals surface area contributed by atoms with Crippen LogP contribution < -0.4 is 5.32 Å². The summed E-state index contributed by atoms with van der Waals surface area (Å²) in [7, 11) is 0. The van der Waals surface area contributed by atoms with Crippen LogP contribution in [0.1, 0.15) is 49.7 Å². The van der Waals surface area contributed by atoms with Gasteiger partial charge in [-0.15, -0.1) is 0 Å². The summed E-state index contributed by atoms with van der Waals surface area (Å²) in [5.74, 6) is -1.63. The molecule has 5 nitrogen and oxygen atoms in total. The Balaban J connectivity index is 2.94. The van der Waals surface area contributed by atoms with Gasteiger partial charge in [0.2, 0.25) is 0 Å². The first-order valence-electron chi connectivity index (χ1n) is 7.09. The van der Waals surface area contributed by atoms with Crippen molar-refractivity contribution < 1.29 is 14.7 Å². The molecule has 1 heterocycles. The van der Waals surface area contributed by atoms with Gasteiger partial charge in [0.05, 0.1) is 0 Å². The Morgan fingerprint density at radius 2 is 2.05 bits per heavy atom. The molecular formula is C15H21ClN2O3. The van der Waals surface area contributed by atoms with E-state index in [0.717, 1.165) is 12.1 Å². The quantitative estimate of drug-likeness (QED) is 0.759. The smallest absolute Gasteiger partial charge is 0.326 e. The molecule has 0 spiro atoms. The first-order chi connectivity index (χ1) is 9.88. The van der Waals surface area contributed by atoms with Crippen molar-refractivity contribution >= 4 is 23.5 Å². The predicted molar refractivity (Wildman–Crippen MR) is 81.6 cm³/mol. The van der Waals surface area contributed by atoms with E-state index in [4.69, 9.17) is 11.6 Å². The fourth-order valence-corrected chi connectivity index (χ4v) is 2.20. The molecule has 1 amide bonds. The lowest BCUT2D eigenvalue weighted by Crippen LogP contribution is -2.45. The number of hydrogen-bond donors (Lipinski definition) is 2. The van der Waals surface area contributed by atoms with Crippen molar-refractivity contribution in [3.8, 4) is 0 Å². The van der Waals surface area contributed by atoms with Gasteiger partial charge in [-0.2, -0.15) is 0 Å². The van der Waals surface area contributed by atoms with Gasteiger partial charge in [0.25, 0.3) is 5.91 Å². The minimum Gasteiger partial charge on any atom is -0.480 e. The number of nitrogens with one attached hydrogen (secondary N) is 1. The molecule has 0 fully saturated rings. The zero-order valence-electron chi connectivity index (χ0n) is 12.5. The lowest BCUT2D eigenvalue weighted by Gasteiger charge is -2.20. The summed E-state index contributed by atoms with van der Waals surface area (Å²) in [6.45, 7) is 5.68. The molecule has 1 rings (SSSR count). The monoisotopic (exact) mass is 312 g/mol. The van der Waals surface area contributed by atoms with Gasteiger partial charge in [0.15, 0.2) is 0 Å². The van der Waals surface area contributed by atoms with Crippen molar-refractivity contribution in [2.24, 2.45) is 5.92 Å². The first kappa shape index (κ1) is 17.4. The molecule has 116 valence electrons. The van der Waals surface area contributed by atoms with Crippen molar-refractivity contribution in [2.75, 3.05) is 0 Å². The van der Waals surface area contributed by atoms with Crippen LogP contribution in [-0.2, 0) is 11.2 Å². The van der Waals surface area contributed by atoms with Crippen molar-refractivity contribution in [2.45, 2.75) is 46.1 Å². The third kappa shape index (κ3) is 5.01. The standard InChI is InChI=1S/C15H21ClN2O3/c1-4-6-11-7-10(8-12(16)17-11)14(19)18-13(15(20)21)9(3)5-2/h7-9,13H,4-6H2,1-3H3,(H,18,19)(H,20,21)/t9-,13-/m0/s1. The number of halogens is 1. The molecule has 0 aliphatic heterocycles. The van der Waals surface area contributed by atoms with Gasteiger partial charge in [-0.25, -0.2) is 9.78 Å². The Morgan fingerprint density at radius 3 is 2.57 bits per heavy atom. The predicted octanol–water partition coefficient (Wildman–Crippen LogP) is 2.92. The molecule has 2 N–H and O–H groups in total. The molecule has 6 heteroatoms. The number of hydrogen-bond acceptors (Lipinski definition) is 3. The zero-order valence-corrected chi connectivity index (χ0v) is 13.3. The molecule has 0 unspecified atom stereocenters. The minimum absolute atomic E-state index is 0.154. The lowest BCUT2D eigenvalue weighted by atomic mass is 9.99.